The van der Waals surface area contributed by atoms with Crippen LogP contribution in [0.5, 0.6) is 0 Å². The van der Waals surface area contributed by atoms with Crippen LogP contribution in [0.15, 0.2) is 24.3 Å². The minimum absolute atomic E-state index is 0.198. The van der Waals surface area contributed by atoms with E-state index >= 15 is 0 Å². The molecule has 12 heavy (non-hydrogen) atoms. The lowest BCUT2D eigenvalue weighted by atomic mass is 10.1. The summed E-state index contributed by atoms with van der Waals surface area (Å²) >= 11 is 0. The number of fused-ring (bicyclic) bond motifs is 1. The fraction of sp³-hybridized carbons (Fsp3) is 0.250. The van der Waals surface area contributed by atoms with Crippen LogP contribution in [0.3, 0.4) is 0 Å². The van der Waals surface area contributed by atoms with Crippen molar-refractivity contribution in [2.24, 2.45) is 0 Å². The van der Waals surface area contributed by atoms with Gasteiger partial charge in [-0.2, -0.15) is 0 Å². The molecular formula is C8H9NO2S. The van der Waals surface area contributed by atoms with Crippen molar-refractivity contribution >= 4 is 15.7 Å². The number of benzene rings is 1. The van der Waals surface area contributed by atoms with Crippen LogP contribution < -0.4 is 4.72 Å². The van der Waals surface area contributed by atoms with Crippen molar-refractivity contribution in [2.75, 3.05) is 10.5 Å². The molecule has 0 saturated carbocycles. The van der Waals surface area contributed by atoms with Gasteiger partial charge in [0.25, 0.3) is 0 Å². The van der Waals surface area contributed by atoms with Gasteiger partial charge in [0, 0.05) is 0 Å². The first-order chi connectivity index (χ1) is 5.67. The largest absolute Gasteiger partial charge is 0.283 e. The molecule has 1 aliphatic heterocycles. The molecule has 1 N–H and O–H groups in total. The van der Waals surface area contributed by atoms with E-state index in [1.807, 2.05) is 18.2 Å². The molecule has 64 valence electrons. The van der Waals surface area contributed by atoms with E-state index in [1.165, 1.54) is 0 Å². The Balaban J connectivity index is 2.48. The van der Waals surface area contributed by atoms with Crippen molar-refractivity contribution in [2.45, 2.75) is 6.42 Å². The molecule has 0 aliphatic carbocycles. The van der Waals surface area contributed by atoms with Crippen LogP contribution in [-0.2, 0) is 16.4 Å². The molecule has 1 aromatic rings. The van der Waals surface area contributed by atoms with E-state index in [9.17, 15) is 8.42 Å². The summed E-state index contributed by atoms with van der Waals surface area (Å²) in [6, 6.07) is 7.47. The lowest BCUT2D eigenvalue weighted by Crippen LogP contribution is -2.23. The maximum Gasteiger partial charge on any atom is 0.233 e. The summed E-state index contributed by atoms with van der Waals surface area (Å²) in [5.41, 5.74) is 1.80. The number of sulfonamides is 1. The van der Waals surface area contributed by atoms with E-state index in [0.29, 0.717) is 6.42 Å². The van der Waals surface area contributed by atoms with Crippen molar-refractivity contribution in [3.63, 3.8) is 0 Å². The summed E-state index contributed by atoms with van der Waals surface area (Å²) < 4.78 is 24.7. The minimum atomic E-state index is -3.05. The van der Waals surface area contributed by atoms with E-state index in [2.05, 4.69) is 4.72 Å². The quantitative estimate of drug-likeness (QED) is 0.651. The highest BCUT2D eigenvalue weighted by Gasteiger charge is 2.18. The standard InChI is InChI=1S/C8H9NO2S/c10-12(11)6-5-7-3-1-2-4-8(7)9-12/h1-4,9H,5-6H2. The van der Waals surface area contributed by atoms with Gasteiger partial charge in [-0.05, 0) is 18.1 Å². The summed E-state index contributed by atoms with van der Waals surface area (Å²) in [6.07, 6.45) is 0.617. The zero-order chi connectivity index (χ0) is 8.60. The monoisotopic (exact) mass is 183 g/mol. The summed E-state index contributed by atoms with van der Waals surface area (Å²) in [6.45, 7) is 0. The molecule has 0 bridgehead atoms. The van der Waals surface area contributed by atoms with Gasteiger partial charge in [-0.3, -0.25) is 4.72 Å². The predicted octanol–water partition coefficient (Wildman–Crippen LogP) is 0.984. The van der Waals surface area contributed by atoms with E-state index in [-0.39, 0.29) is 5.75 Å². The highest BCUT2D eigenvalue weighted by Crippen LogP contribution is 2.21. The van der Waals surface area contributed by atoms with E-state index < -0.39 is 10.0 Å². The molecule has 1 aliphatic rings. The fourth-order valence-corrected chi connectivity index (χ4v) is 2.43. The van der Waals surface area contributed by atoms with Gasteiger partial charge in [-0.15, -0.1) is 0 Å². The smallest absolute Gasteiger partial charge is 0.233 e. The molecule has 2 rings (SSSR count). The average molecular weight is 183 g/mol. The van der Waals surface area contributed by atoms with Crippen LogP contribution >= 0.6 is 0 Å². The van der Waals surface area contributed by atoms with Crippen molar-refractivity contribution in [1.29, 1.82) is 0 Å². The fourth-order valence-electron chi connectivity index (χ4n) is 1.30. The van der Waals surface area contributed by atoms with Crippen LogP contribution in [0.2, 0.25) is 0 Å². The molecule has 0 saturated heterocycles. The van der Waals surface area contributed by atoms with E-state index in [0.717, 1.165) is 11.3 Å². The molecule has 4 heteroatoms. The molecule has 0 radical (unpaired) electrons. The second-order valence-electron chi connectivity index (χ2n) is 2.83. The second-order valence-corrected chi connectivity index (χ2v) is 4.67. The van der Waals surface area contributed by atoms with Gasteiger partial charge in [-0.25, -0.2) is 8.42 Å². The predicted molar refractivity (Wildman–Crippen MR) is 47.6 cm³/mol. The third kappa shape index (κ3) is 1.30. The molecule has 1 heterocycles. The minimum Gasteiger partial charge on any atom is -0.283 e. The summed E-state index contributed by atoms with van der Waals surface area (Å²) in [5, 5.41) is 0. The molecule has 0 aromatic heterocycles. The Morgan fingerprint density at radius 3 is 2.83 bits per heavy atom. The molecule has 0 spiro atoms. The Hall–Kier alpha value is -1.03. The van der Waals surface area contributed by atoms with Gasteiger partial charge in [0.2, 0.25) is 10.0 Å². The third-order valence-corrected chi connectivity index (χ3v) is 3.20. The molecule has 0 fully saturated rings. The van der Waals surface area contributed by atoms with Crippen molar-refractivity contribution in [1.82, 2.24) is 0 Å². The number of aryl methyl sites for hydroxylation is 1. The van der Waals surface area contributed by atoms with Crippen molar-refractivity contribution in [3.05, 3.63) is 29.8 Å². The van der Waals surface area contributed by atoms with Gasteiger partial charge in [-0.1, -0.05) is 18.2 Å². The third-order valence-electron chi connectivity index (χ3n) is 1.92. The van der Waals surface area contributed by atoms with E-state index in [4.69, 9.17) is 0 Å². The first-order valence-electron chi connectivity index (χ1n) is 3.76. The molecule has 3 nitrogen and oxygen atoms in total. The lowest BCUT2D eigenvalue weighted by Gasteiger charge is -2.17. The van der Waals surface area contributed by atoms with Gasteiger partial charge < -0.3 is 0 Å². The molecule has 0 unspecified atom stereocenters. The number of rotatable bonds is 0. The normalized spacial score (nSPS) is 19.3. The Kier molecular flexibility index (Phi) is 1.58. The average Bonchev–Trinajstić information content (AvgIpc) is 2.02. The zero-order valence-electron chi connectivity index (χ0n) is 6.45. The summed E-state index contributed by atoms with van der Waals surface area (Å²) in [4.78, 5) is 0. The number of nitrogens with one attached hydrogen (secondary N) is 1. The van der Waals surface area contributed by atoms with Gasteiger partial charge >= 0.3 is 0 Å². The van der Waals surface area contributed by atoms with Crippen LogP contribution in [0, 0.1) is 0 Å². The Morgan fingerprint density at radius 2 is 2.00 bits per heavy atom. The lowest BCUT2D eigenvalue weighted by molar-refractivity contribution is 0.599. The molecule has 0 amide bonds. The van der Waals surface area contributed by atoms with Crippen molar-refractivity contribution in [3.8, 4) is 0 Å². The first kappa shape index (κ1) is 7.61. The Morgan fingerprint density at radius 1 is 1.25 bits per heavy atom. The topological polar surface area (TPSA) is 46.2 Å². The van der Waals surface area contributed by atoms with Gasteiger partial charge in [0.05, 0.1) is 11.4 Å². The van der Waals surface area contributed by atoms with Crippen LogP contribution in [0.4, 0.5) is 5.69 Å². The highest BCUT2D eigenvalue weighted by molar-refractivity contribution is 7.92. The molecule has 0 atom stereocenters. The molecular weight excluding hydrogens is 174 g/mol. The summed E-state index contributed by atoms with van der Waals surface area (Å²) in [5.74, 6) is 0.198. The highest BCUT2D eigenvalue weighted by atomic mass is 32.2. The second kappa shape index (κ2) is 2.48. The van der Waals surface area contributed by atoms with Crippen LogP contribution in [0.1, 0.15) is 5.56 Å². The first-order valence-corrected chi connectivity index (χ1v) is 5.41. The van der Waals surface area contributed by atoms with Crippen LogP contribution in [-0.4, -0.2) is 14.2 Å². The number of anilines is 1. The number of hydrogen-bond donors (Lipinski definition) is 1. The van der Waals surface area contributed by atoms with Crippen molar-refractivity contribution < 1.29 is 8.42 Å². The maximum absolute atomic E-state index is 11.1. The molecule has 1 aromatic carbocycles. The number of para-hydroxylation sites is 1. The Labute approximate surface area is 71.5 Å². The SMILES string of the molecule is O=S1(=O)CCc2ccccc2N1. The van der Waals surface area contributed by atoms with E-state index in [1.54, 1.807) is 6.07 Å². The number of hydrogen-bond acceptors (Lipinski definition) is 2. The Bertz CT molecular complexity index is 397. The summed E-state index contributed by atoms with van der Waals surface area (Å²) in [7, 11) is -3.05. The zero-order valence-corrected chi connectivity index (χ0v) is 7.26. The maximum atomic E-state index is 11.1. The van der Waals surface area contributed by atoms with Gasteiger partial charge in [0.1, 0.15) is 0 Å². The van der Waals surface area contributed by atoms with Gasteiger partial charge in [0.15, 0.2) is 0 Å². The van der Waals surface area contributed by atoms with Crippen LogP contribution in [0.25, 0.3) is 0 Å².